The molecule has 66 valence electrons. The molecular formula is C7H13BrO3. The minimum absolute atomic E-state index is 0.0874. The maximum absolute atomic E-state index is 10.7. The summed E-state index contributed by atoms with van der Waals surface area (Å²) in [6.45, 7) is 1.99. The summed E-state index contributed by atoms with van der Waals surface area (Å²) >= 11 is 3.06. The largest absolute Gasteiger partial charge is 0.463 e. The van der Waals surface area contributed by atoms with Crippen LogP contribution in [0.5, 0.6) is 0 Å². The van der Waals surface area contributed by atoms with Crippen molar-refractivity contribution >= 4 is 21.9 Å². The molecule has 0 aromatic heterocycles. The minimum atomic E-state index is -0.587. The van der Waals surface area contributed by atoms with E-state index in [1.807, 2.05) is 6.92 Å². The Labute approximate surface area is 74.9 Å². The van der Waals surface area contributed by atoms with Crippen LogP contribution < -0.4 is 0 Å². The van der Waals surface area contributed by atoms with Gasteiger partial charge in [-0.15, -0.1) is 0 Å². The van der Waals surface area contributed by atoms with Crippen molar-refractivity contribution in [2.24, 2.45) is 0 Å². The average molecular weight is 225 g/mol. The smallest absolute Gasteiger partial charge is 0.305 e. The summed E-state index contributed by atoms with van der Waals surface area (Å²) in [6, 6.07) is 0. The van der Waals surface area contributed by atoms with E-state index in [4.69, 9.17) is 9.84 Å². The van der Waals surface area contributed by atoms with Gasteiger partial charge in [0.25, 0.3) is 0 Å². The van der Waals surface area contributed by atoms with Gasteiger partial charge in [0.15, 0.2) is 0 Å². The molecule has 0 fully saturated rings. The highest BCUT2D eigenvalue weighted by Gasteiger charge is 2.05. The van der Waals surface area contributed by atoms with Gasteiger partial charge in [0, 0.05) is 11.8 Å². The molecule has 0 spiro atoms. The zero-order chi connectivity index (χ0) is 8.69. The Bertz CT molecular complexity index is 116. The summed E-state index contributed by atoms with van der Waals surface area (Å²) in [4.78, 5) is 10.7. The van der Waals surface area contributed by atoms with E-state index in [-0.39, 0.29) is 12.6 Å². The first-order chi connectivity index (χ1) is 5.20. The van der Waals surface area contributed by atoms with Crippen LogP contribution in [0.4, 0.5) is 0 Å². The zero-order valence-electron chi connectivity index (χ0n) is 6.55. The van der Waals surface area contributed by atoms with E-state index in [1.165, 1.54) is 0 Å². The Morgan fingerprint density at radius 2 is 2.36 bits per heavy atom. The number of aliphatic hydroxyl groups is 1. The van der Waals surface area contributed by atoms with Gasteiger partial charge in [-0.2, -0.15) is 0 Å². The predicted octanol–water partition coefficient (Wildman–Crippen LogP) is 1.09. The molecule has 0 aromatic carbocycles. The molecular weight excluding hydrogens is 212 g/mol. The lowest BCUT2D eigenvalue weighted by Crippen LogP contribution is -2.19. The Morgan fingerprint density at radius 3 is 2.82 bits per heavy atom. The summed E-state index contributed by atoms with van der Waals surface area (Å²) < 4.78 is 4.72. The third-order valence-electron chi connectivity index (χ3n) is 1.07. The summed E-state index contributed by atoms with van der Waals surface area (Å²) in [6.07, 6.45) is 0.619. The quantitative estimate of drug-likeness (QED) is 0.562. The van der Waals surface area contributed by atoms with Crippen molar-refractivity contribution in [3.8, 4) is 0 Å². The molecule has 0 heterocycles. The highest BCUT2D eigenvalue weighted by atomic mass is 79.9. The number of aliphatic hydroxyl groups excluding tert-OH is 1. The van der Waals surface area contributed by atoms with E-state index >= 15 is 0 Å². The first-order valence-corrected chi connectivity index (χ1v) is 4.72. The van der Waals surface area contributed by atoms with Gasteiger partial charge in [0.05, 0.1) is 6.10 Å². The minimum Gasteiger partial charge on any atom is -0.463 e. The topological polar surface area (TPSA) is 46.5 Å². The fraction of sp³-hybridized carbons (Fsp3) is 0.857. The summed E-state index contributed by atoms with van der Waals surface area (Å²) in [5, 5.41) is 9.39. The van der Waals surface area contributed by atoms with Crippen LogP contribution in [0.25, 0.3) is 0 Å². The normalized spacial score (nSPS) is 12.6. The average Bonchev–Trinajstić information content (AvgIpc) is 2.01. The third kappa shape index (κ3) is 6.31. The molecule has 0 radical (unpaired) electrons. The predicted molar refractivity (Wildman–Crippen MR) is 45.7 cm³/mol. The second-order valence-corrected chi connectivity index (χ2v) is 2.89. The van der Waals surface area contributed by atoms with Gasteiger partial charge in [-0.3, -0.25) is 4.79 Å². The zero-order valence-corrected chi connectivity index (χ0v) is 8.13. The van der Waals surface area contributed by atoms with Crippen molar-refractivity contribution in [1.82, 2.24) is 0 Å². The van der Waals surface area contributed by atoms with Crippen LogP contribution in [0.1, 0.15) is 19.8 Å². The number of esters is 1. The molecule has 0 saturated carbocycles. The fourth-order valence-corrected chi connectivity index (χ4v) is 0.697. The van der Waals surface area contributed by atoms with Crippen molar-refractivity contribution < 1.29 is 14.6 Å². The van der Waals surface area contributed by atoms with Gasteiger partial charge in [-0.05, 0) is 6.42 Å². The van der Waals surface area contributed by atoms with Crippen LogP contribution in [-0.4, -0.2) is 29.1 Å². The molecule has 0 aliphatic rings. The van der Waals surface area contributed by atoms with Gasteiger partial charge < -0.3 is 9.84 Å². The Balaban J connectivity index is 3.30. The van der Waals surface area contributed by atoms with Gasteiger partial charge in [0.2, 0.25) is 0 Å². The van der Waals surface area contributed by atoms with Crippen molar-refractivity contribution in [1.29, 1.82) is 0 Å². The van der Waals surface area contributed by atoms with E-state index in [0.29, 0.717) is 11.8 Å². The van der Waals surface area contributed by atoms with Crippen molar-refractivity contribution in [2.45, 2.75) is 25.9 Å². The van der Waals surface area contributed by atoms with E-state index in [1.54, 1.807) is 0 Å². The van der Waals surface area contributed by atoms with Crippen LogP contribution >= 0.6 is 15.9 Å². The lowest BCUT2D eigenvalue weighted by Gasteiger charge is -2.07. The molecule has 0 aliphatic heterocycles. The number of carbonyl (C=O) groups is 1. The molecule has 4 heteroatoms. The molecule has 0 saturated heterocycles. The van der Waals surface area contributed by atoms with Gasteiger partial charge in [-0.1, -0.05) is 22.9 Å². The van der Waals surface area contributed by atoms with Crippen LogP contribution in [0.15, 0.2) is 0 Å². The lowest BCUT2D eigenvalue weighted by molar-refractivity contribution is -0.146. The Morgan fingerprint density at radius 1 is 1.73 bits per heavy atom. The monoisotopic (exact) mass is 224 g/mol. The second kappa shape index (κ2) is 6.61. The number of rotatable bonds is 5. The van der Waals surface area contributed by atoms with Gasteiger partial charge in [0.1, 0.15) is 6.61 Å². The standard InChI is InChI=1S/C7H13BrO3/c1-2-3-7(10)11-5-6(9)4-8/h6,9H,2-5H2,1H3/t6-/m0/s1. The third-order valence-corrected chi connectivity index (χ3v) is 1.82. The SMILES string of the molecule is CCCC(=O)OC[C@@H](O)CBr. The van der Waals surface area contributed by atoms with Crippen LogP contribution in [-0.2, 0) is 9.53 Å². The first-order valence-electron chi connectivity index (χ1n) is 3.60. The second-order valence-electron chi connectivity index (χ2n) is 2.24. The maximum atomic E-state index is 10.7. The van der Waals surface area contributed by atoms with Crippen molar-refractivity contribution in [3.05, 3.63) is 0 Å². The van der Waals surface area contributed by atoms with Crippen molar-refractivity contribution in [3.63, 3.8) is 0 Å². The summed E-state index contributed by atoms with van der Waals surface area (Å²) in [7, 11) is 0. The molecule has 1 atom stereocenters. The van der Waals surface area contributed by atoms with E-state index in [9.17, 15) is 4.79 Å². The number of hydrogen-bond acceptors (Lipinski definition) is 3. The molecule has 11 heavy (non-hydrogen) atoms. The van der Waals surface area contributed by atoms with E-state index in [0.717, 1.165) is 6.42 Å². The highest BCUT2D eigenvalue weighted by molar-refractivity contribution is 9.09. The van der Waals surface area contributed by atoms with E-state index in [2.05, 4.69) is 15.9 Å². The Hall–Kier alpha value is -0.0900. The van der Waals surface area contributed by atoms with Crippen LogP contribution in [0.3, 0.4) is 0 Å². The number of carbonyl (C=O) groups excluding carboxylic acids is 1. The molecule has 0 rings (SSSR count). The summed E-state index contributed by atoms with van der Waals surface area (Å²) in [5.41, 5.74) is 0. The molecule has 0 aliphatic carbocycles. The van der Waals surface area contributed by atoms with Crippen molar-refractivity contribution in [2.75, 3.05) is 11.9 Å². The summed E-state index contributed by atoms with van der Waals surface area (Å²) in [5.74, 6) is -0.243. The number of halogens is 1. The lowest BCUT2D eigenvalue weighted by atomic mass is 10.3. The molecule has 0 unspecified atom stereocenters. The molecule has 3 nitrogen and oxygen atoms in total. The number of alkyl halides is 1. The molecule has 0 amide bonds. The van der Waals surface area contributed by atoms with Crippen LogP contribution in [0, 0.1) is 0 Å². The van der Waals surface area contributed by atoms with Crippen LogP contribution in [0.2, 0.25) is 0 Å². The van der Waals surface area contributed by atoms with E-state index < -0.39 is 6.10 Å². The number of ether oxygens (including phenoxy) is 1. The Kier molecular flexibility index (Phi) is 6.56. The first kappa shape index (κ1) is 10.9. The fourth-order valence-electron chi connectivity index (χ4n) is 0.510. The van der Waals surface area contributed by atoms with Gasteiger partial charge >= 0.3 is 5.97 Å². The highest BCUT2D eigenvalue weighted by Crippen LogP contribution is 1.95. The molecule has 0 bridgehead atoms. The number of hydrogen-bond donors (Lipinski definition) is 1. The molecule has 0 aromatic rings. The molecule has 1 N–H and O–H groups in total. The van der Waals surface area contributed by atoms with Gasteiger partial charge in [-0.25, -0.2) is 0 Å². The maximum Gasteiger partial charge on any atom is 0.305 e.